The number of benzene rings is 3. The lowest BCUT2D eigenvalue weighted by Crippen LogP contribution is -2.69. The van der Waals surface area contributed by atoms with Crippen LogP contribution in [0.15, 0.2) is 95.9 Å². The van der Waals surface area contributed by atoms with Gasteiger partial charge < -0.3 is 46.7 Å². The van der Waals surface area contributed by atoms with Crippen LogP contribution in [0.4, 0.5) is 5.69 Å². The molecule has 85 heavy (non-hydrogen) atoms. The van der Waals surface area contributed by atoms with Crippen LogP contribution in [-0.2, 0) is 41.5 Å². The summed E-state index contributed by atoms with van der Waals surface area (Å²) in [6, 6.07) is 18.6. The molecule has 474 valence electrons. The van der Waals surface area contributed by atoms with Gasteiger partial charge in [0.1, 0.15) is 30.3 Å². The highest BCUT2D eigenvalue weighted by molar-refractivity contribution is 6.86. The quantitative estimate of drug-likeness (QED) is 0.0119. The van der Waals surface area contributed by atoms with Crippen molar-refractivity contribution in [2.45, 2.75) is 208 Å². The maximum absolute atomic E-state index is 14.3. The fraction of sp³-hybridized carbons (Fsp3) is 0.576. The number of anilines is 1. The number of hydrogen-bond donors (Lipinski definition) is 1. The van der Waals surface area contributed by atoms with Crippen molar-refractivity contribution >= 4 is 76.8 Å². The Morgan fingerprint density at radius 1 is 0.553 bits per heavy atom. The summed E-state index contributed by atoms with van der Waals surface area (Å²) in [5.74, 6) is -2.32. The summed E-state index contributed by atoms with van der Waals surface area (Å²) in [6.07, 6.45) is 1.45. The molecule has 19 heteroatoms. The minimum absolute atomic E-state index is 0.0775. The van der Waals surface area contributed by atoms with E-state index in [1.165, 1.54) is 6.08 Å². The third-order valence-electron chi connectivity index (χ3n) is 18.7. The lowest BCUT2D eigenvalue weighted by Gasteiger charge is -2.60. The van der Waals surface area contributed by atoms with Crippen LogP contribution in [0.5, 0.6) is 11.5 Å². The Kier molecular flexibility index (Phi) is 24.3. The van der Waals surface area contributed by atoms with Gasteiger partial charge in [0.25, 0.3) is 0 Å². The number of aromatic hydroxyl groups is 1. The van der Waals surface area contributed by atoms with Gasteiger partial charge in [0, 0.05) is 45.7 Å². The first kappa shape index (κ1) is 74.5. The Morgan fingerprint density at radius 2 is 1.05 bits per heavy atom. The average molecular weight is 1260 g/mol. The summed E-state index contributed by atoms with van der Waals surface area (Å²) in [5, 5.41) is 9.93. The second-order valence-electron chi connectivity index (χ2n) is 28.0. The number of carbonyl (C=O) groups is 4. The van der Waals surface area contributed by atoms with Crippen LogP contribution in [0, 0.1) is 0 Å². The first-order valence-electron chi connectivity index (χ1n) is 30.0. The fourth-order valence-electron chi connectivity index (χ4n) is 10.2. The monoisotopic (exact) mass is 1260 g/mol. The van der Waals surface area contributed by atoms with Gasteiger partial charge in [-0.05, 0) is 181 Å². The molecule has 3 aromatic rings. The Hall–Kier alpha value is -4.72. The highest BCUT2D eigenvalue weighted by Crippen LogP contribution is 2.59. The van der Waals surface area contributed by atoms with E-state index in [-0.39, 0.29) is 54.4 Å². The van der Waals surface area contributed by atoms with Gasteiger partial charge in [-0.2, -0.15) is 0 Å². The maximum atomic E-state index is 14.3. The summed E-state index contributed by atoms with van der Waals surface area (Å²) in [5.41, 5.74) is -0.253. The zero-order chi connectivity index (χ0) is 65.5. The predicted octanol–water partition coefficient (Wildman–Crippen LogP) is 15.8. The SMILES string of the molecule is C=C(COc1ccc(C=C(C(=O)OCC)C(=O)OCC)cc1)[Si](C)(OC(C)(C)C(C)(C)[Si](C)(C)OC(C)(C)C(C)(C)[Si](C)(OC(C)(C)[Si](C)(C)C)C(=C)COC(=O)c1ccccc1C(=O)c1ccc(N(CC)CC)cc1O)C(C)(C)O[Si](C)(C)C. The number of phenols is 1. The molecule has 14 nitrogen and oxygen atoms in total. The molecule has 0 spiro atoms. The van der Waals surface area contributed by atoms with E-state index in [1.54, 1.807) is 80.6 Å². The summed E-state index contributed by atoms with van der Waals surface area (Å²) in [4.78, 5) is 55.9. The maximum Gasteiger partial charge on any atom is 0.345 e. The van der Waals surface area contributed by atoms with Gasteiger partial charge in [0.2, 0.25) is 16.6 Å². The van der Waals surface area contributed by atoms with E-state index in [4.69, 9.17) is 49.8 Å². The van der Waals surface area contributed by atoms with Gasteiger partial charge in [-0.25, -0.2) is 14.4 Å². The van der Waals surface area contributed by atoms with E-state index in [0.29, 0.717) is 16.5 Å². The zero-order valence-corrected chi connectivity index (χ0v) is 61.9. The van der Waals surface area contributed by atoms with Crippen molar-refractivity contribution in [3.8, 4) is 11.5 Å². The predicted molar refractivity (Wildman–Crippen MR) is 359 cm³/mol. The molecule has 0 radical (unpaired) electrons. The molecule has 1 N–H and O–H groups in total. The standard InChI is InChI=1S/C66H107NO13Si5/c1-29-67(30-2)50-39-42-54(56(68)44-50)57(69)52-35-33-34-36-53(52)58(70)76-46-47(5)84(27,80-65(15,16)81(19,20)21)64(13,14)62(9,10)77-83(25,26)63(11,12)61(7,8)78-85(28,66(17,18)79-82(22,23)24)48(6)45-75-51-40-37-49(38-41-51)43-55(59(71)73-31-3)60(72)74-32-4/h33-44,68H,5-6,29-32,45-46H2,1-4,7-28H3. The average Bonchev–Trinajstić information content (AvgIpc) is 1.09. The molecule has 0 amide bonds. The van der Waals surface area contributed by atoms with Crippen LogP contribution in [-0.4, -0.2) is 131 Å². The van der Waals surface area contributed by atoms with Gasteiger partial charge in [0.05, 0.1) is 48.8 Å². The molecule has 0 aliphatic heterocycles. The van der Waals surface area contributed by atoms with Crippen LogP contribution < -0.4 is 9.64 Å². The van der Waals surface area contributed by atoms with Crippen molar-refractivity contribution < 1.29 is 60.9 Å². The minimum Gasteiger partial charge on any atom is -0.507 e. The van der Waals surface area contributed by atoms with E-state index in [9.17, 15) is 24.3 Å². The van der Waals surface area contributed by atoms with E-state index >= 15 is 0 Å². The van der Waals surface area contributed by atoms with Crippen molar-refractivity contribution in [2.75, 3.05) is 44.4 Å². The van der Waals surface area contributed by atoms with Crippen LogP contribution in [0.25, 0.3) is 6.08 Å². The minimum atomic E-state index is -3.36. The molecule has 2 unspecified atom stereocenters. The molecule has 3 rings (SSSR count). The molecule has 0 aliphatic rings. The first-order chi connectivity index (χ1) is 38.6. The summed E-state index contributed by atoms with van der Waals surface area (Å²) < 4.78 is 53.2. The van der Waals surface area contributed by atoms with Gasteiger partial charge in [0.15, 0.2) is 22.4 Å². The number of hydrogen-bond acceptors (Lipinski definition) is 14. The number of rotatable bonds is 32. The molecule has 0 aliphatic carbocycles. The molecular formula is C66H107NO13Si5. The molecule has 0 bridgehead atoms. The third-order valence-corrected chi connectivity index (χ3v) is 38.8. The molecule has 0 saturated carbocycles. The first-order valence-corrected chi connectivity index (χ1v) is 44.6. The van der Waals surface area contributed by atoms with Crippen LogP contribution in [0.1, 0.15) is 143 Å². The zero-order valence-electron chi connectivity index (χ0n) is 56.9. The number of ketones is 1. The molecular weight excluding hydrogens is 1160 g/mol. The van der Waals surface area contributed by atoms with E-state index < -0.39 is 96.8 Å². The van der Waals surface area contributed by atoms with Crippen molar-refractivity contribution in [1.82, 2.24) is 0 Å². The van der Waals surface area contributed by atoms with Crippen molar-refractivity contribution in [3.05, 3.63) is 118 Å². The molecule has 2 atom stereocenters. The number of ether oxygens (including phenoxy) is 4. The number of esters is 3. The van der Waals surface area contributed by atoms with Crippen LogP contribution >= 0.6 is 0 Å². The smallest absolute Gasteiger partial charge is 0.345 e. The second-order valence-corrected chi connectivity index (χ2v) is 51.0. The normalized spacial score (nSPS) is 14.5. The summed E-state index contributed by atoms with van der Waals surface area (Å²) >= 11 is 0. The van der Waals surface area contributed by atoms with Crippen molar-refractivity contribution in [3.63, 3.8) is 0 Å². The number of nitrogens with zero attached hydrogens (tertiary/aromatic N) is 1. The van der Waals surface area contributed by atoms with Gasteiger partial charge in [-0.3, -0.25) is 4.79 Å². The van der Waals surface area contributed by atoms with Crippen LogP contribution in [0.2, 0.25) is 75.5 Å². The molecule has 0 aromatic heterocycles. The van der Waals surface area contributed by atoms with Crippen molar-refractivity contribution in [1.29, 1.82) is 0 Å². The summed E-state index contributed by atoms with van der Waals surface area (Å²) in [6.45, 7) is 66.6. The largest absolute Gasteiger partial charge is 0.507 e. The molecule has 0 heterocycles. The Bertz CT molecular complexity index is 2890. The highest BCUT2D eigenvalue weighted by atomic mass is 28.4. The highest BCUT2D eigenvalue weighted by Gasteiger charge is 2.64. The lowest BCUT2D eigenvalue weighted by atomic mass is 9.93. The topological polar surface area (TPSA) is 166 Å². The van der Waals surface area contributed by atoms with Gasteiger partial charge in [-0.15, -0.1) is 0 Å². The van der Waals surface area contributed by atoms with Gasteiger partial charge in [-0.1, -0.05) is 90.8 Å². The lowest BCUT2D eigenvalue weighted by molar-refractivity contribution is -0.146. The fourth-order valence-corrected chi connectivity index (χ4v) is 25.5. The molecule has 3 aromatic carbocycles. The molecule has 0 saturated heterocycles. The summed E-state index contributed by atoms with van der Waals surface area (Å²) in [7, 11) is -13.8. The Balaban J connectivity index is 2.06. The Labute approximate surface area is 517 Å². The third kappa shape index (κ3) is 16.9. The van der Waals surface area contributed by atoms with Gasteiger partial charge >= 0.3 is 17.9 Å². The second kappa shape index (κ2) is 27.8. The molecule has 0 fully saturated rings. The Morgan fingerprint density at radius 3 is 1.52 bits per heavy atom. The van der Waals surface area contributed by atoms with E-state index in [0.717, 1.165) is 24.0 Å². The van der Waals surface area contributed by atoms with Crippen molar-refractivity contribution in [2.24, 2.45) is 0 Å². The van der Waals surface area contributed by atoms with E-state index in [2.05, 4.69) is 153 Å². The number of carbonyl (C=O) groups excluding carboxylic acids is 4. The van der Waals surface area contributed by atoms with E-state index in [1.807, 2.05) is 13.8 Å². The van der Waals surface area contributed by atoms with Crippen LogP contribution in [0.3, 0.4) is 0 Å². The number of phenolic OH excluding ortho intramolecular Hbond substituents is 1.